The van der Waals surface area contributed by atoms with Gasteiger partial charge >= 0.3 is 0 Å². The summed E-state index contributed by atoms with van der Waals surface area (Å²) in [5, 5.41) is 18.1. The van der Waals surface area contributed by atoms with Crippen LogP contribution < -0.4 is 4.74 Å². The van der Waals surface area contributed by atoms with E-state index in [0.717, 1.165) is 12.8 Å². The van der Waals surface area contributed by atoms with Crippen molar-refractivity contribution >= 4 is 5.91 Å². The molecule has 2 rings (SSSR count). The predicted molar refractivity (Wildman–Crippen MR) is 77.6 cm³/mol. The summed E-state index contributed by atoms with van der Waals surface area (Å²) in [5.74, 6) is 0.662. The minimum Gasteiger partial charge on any atom is -0.480 e. The summed E-state index contributed by atoms with van der Waals surface area (Å²) in [7, 11) is 0. The molecule has 21 heavy (non-hydrogen) atoms. The van der Waals surface area contributed by atoms with Crippen molar-refractivity contribution in [1.29, 1.82) is 5.26 Å². The van der Waals surface area contributed by atoms with E-state index in [0.29, 0.717) is 30.3 Å². The van der Waals surface area contributed by atoms with Crippen LogP contribution in [0.5, 0.6) is 5.75 Å². The fraction of sp³-hybridized carbons (Fsp3) is 0.500. The Hall–Kier alpha value is -2.06. The summed E-state index contributed by atoms with van der Waals surface area (Å²) in [6.45, 7) is 3.19. The fourth-order valence-electron chi connectivity index (χ4n) is 2.50. The van der Waals surface area contributed by atoms with Gasteiger partial charge in [0, 0.05) is 19.7 Å². The number of benzene rings is 1. The number of carbonyl (C=O) groups is 1. The smallest absolute Gasteiger partial charge is 0.263 e. The molecule has 1 aliphatic rings. The quantitative estimate of drug-likeness (QED) is 0.912. The van der Waals surface area contributed by atoms with Gasteiger partial charge in [0.15, 0.2) is 6.10 Å². The third-order valence-electron chi connectivity index (χ3n) is 3.84. The van der Waals surface area contributed by atoms with Crippen molar-refractivity contribution < 1.29 is 14.6 Å². The fourth-order valence-corrected chi connectivity index (χ4v) is 2.50. The lowest BCUT2D eigenvalue weighted by Crippen LogP contribution is -2.45. The summed E-state index contributed by atoms with van der Waals surface area (Å²) in [6.07, 6.45) is 1.03. The van der Waals surface area contributed by atoms with Crippen LogP contribution in [-0.4, -0.2) is 41.7 Å². The van der Waals surface area contributed by atoms with Crippen LogP contribution >= 0.6 is 0 Å². The van der Waals surface area contributed by atoms with Gasteiger partial charge in [-0.2, -0.15) is 5.26 Å². The number of carbonyl (C=O) groups excluding carboxylic acids is 1. The highest BCUT2D eigenvalue weighted by Crippen LogP contribution is 2.21. The Morgan fingerprint density at radius 1 is 1.48 bits per heavy atom. The van der Waals surface area contributed by atoms with E-state index >= 15 is 0 Å². The summed E-state index contributed by atoms with van der Waals surface area (Å²) in [6, 6.07) is 8.96. The maximum absolute atomic E-state index is 12.4. The number of hydrogen-bond acceptors (Lipinski definition) is 4. The first-order valence-corrected chi connectivity index (χ1v) is 7.21. The molecule has 0 aromatic heterocycles. The van der Waals surface area contributed by atoms with Crippen molar-refractivity contribution in [1.82, 2.24) is 4.90 Å². The SMILES string of the molecule is CC(Oc1ccccc1C#N)C(=O)N1CCC(CO)CC1. The highest BCUT2D eigenvalue weighted by atomic mass is 16.5. The minimum atomic E-state index is -0.620. The molecule has 0 radical (unpaired) electrons. The molecule has 0 aliphatic carbocycles. The van der Waals surface area contributed by atoms with Gasteiger partial charge in [0.25, 0.3) is 5.91 Å². The van der Waals surface area contributed by atoms with Crippen LogP contribution in [0.15, 0.2) is 24.3 Å². The van der Waals surface area contributed by atoms with Gasteiger partial charge in [0.2, 0.25) is 0 Å². The molecule has 1 fully saturated rings. The maximum Gasteiger partial charge on any atom is 0.263 e. The molecule has 1 atom stereocenters. The average Bonchev–Trinajstić information content (AvgIpc) is 2.54. The first-order valence-electron chi connectivity index (χ1n) is 7.21. The van der Waals surface area contributed by atoms with Gasteiger partial charge in [0.1, 0.15) is 11.8 Å². The van der Waals surface area contributed by atoms with E-state index in [1.165, 1.54) is 0 Å². The summed E-state index contributed by atoms with van der Waals surface area (Å²) >= 11 is 0. The zero-order valence-corrected chi connectivity index (χ0v) is 12.2. The van der Waals surface area contributed by atoms with Crippen LogP contribution in [-0.2, 0) is 4.79 Å². The van der Waals surface area contributed by atoms with E-state index < -0.39 is 6.10 Å². The van der Waals surface area contributed by atoms with Crippen molar-refractivity contribution in [3.63, 3.8) is 0 Å². The largest absolute Gasteiger partial charge is 0.480 e. The molecule has 0 bridgehead atoms. The molecule has 1 aliphatic heterocycles. The number of piperidine rings is 1. The van der Waals surface area contributed by atoms with Crippen molar-refractivity contribution in [3.05, 3.63) is 29.8 Å². The van der Waals surface area contributed by atoms with Gasteiger partial charge < -0.3 is 14.7 Å². The molecule has 112 valence electrons. The second kappa shape index (κ2) is 7.09. The molecule has 1 N–H and O–H groups in total. The number of aliphatic hydroxyl groups is 1. The Morgan fingerprint density at radius 3 is 2.76 bits per heavy atom. The Morgan fingerprint density at radius 2 is 2.14 bits per heavy atom. The maximum atomic E-state index is 12.4. The monoisotopic (exact) mass is 288 g/mol. The van der Waals surface area contributed by atoms with E-state index in [1.807, 2.05) is 0 Å². The number of nitriles is 1. The highest BCUT2D eigenvalue weighted by Gasteiger charge is 2.27. The summed E-state index contributed by atoms with van der Waals surface area (Å²) < 4.78 is 5.64. The number of amides is 1. The van der Waals surface area contributed by atoms with Crippen LogP contribution in [0.4, 0.5) is 0 Å². The molecule has 1 aromatic carbocycles. The van der Waals surface area contributed by atoms with Crippen molar-refractivity contribution in [2.75, 3.05) is 19.7 Å². The molecule has 0 spiro atoms. The lowest BCUT2D eigenvalue weighted by molar-refractivity contribution is -0.139. The Balaban J connectivity index is 1.96. The van der Waals surface area contributed by atoms with Crippen molar-refractivity contribution in [3.8, 4) is 11.8 Å². The third-order valence-corrected chi connectivity index (χ3v) is 3.84. The second-order valence-electron chi connectivity index (χ2n) is 5.32. The van der Waals surface area contributed by atoms with Crippen molar-refractivity contribution in [2.45, 2.75) is 25.9 Å². The standard InChI is InChI=1S/C16H20N2O3/c1-12(21-15-5-3-2-4-14(15)10-17)16(20)18-8-6-13(11-19)7-9-18/h2-5,12-13,19H,6-9,11H2,1H3. The normalized spacial score (nSPS) is 17.1. The van der Waals surface area contributed by atoms with Gasteiger partial charge in [-0.1, -0.05) is 12.1 Å². The number of rotatable bonds is 4. The molecule has 0 saturated carbocycles. The molecule has 1 unspecified atom stereocenters. The van der Waals surface area contributed by atoms with Gasteiger partial charge in [-0.15, -0.1) is 0 Å². The van der Waals surface area contributed by atoms with Gasteiger partial charge in [-0.25, -0.2) is 0 Å². The molecule has 1 heterocycles. The number of hydrogen-bond donors (Lipinski definition) is 1. The molecule has 1 amide bonds. The number of nitrogens with zero attached hydrogens (tertiary/aromatic N) is 2. The number of para-hydroxylation sites is 1. The van der Waals surface area contributed by atoms with Gasteiger partial charge in [-0.3, -0.25) is 4.79 Å². The first-order chi connectivity index (χ1) is 10.2. The topological polar surface area (TPSA) is 73.6 Å². The van der Waals surface area contributed by atoms with Crippen LogP contribution in [0.3, 0.4) is 0 Å². The Kier molecular flexibility index (Phi) is 5.18. The van der Waals surface area contributed by atoms with Crippen molar-refractivity contribution in [2.24, 2.45) is 5.92 Å². The molecule has 5 nitrogen and oxygen atoms in total. The van der Waals surface area contributed by atoms with E-state index in [9.17, 15) is 4.79 Å². The van der Waals surface area contributed by atoms with E-state index in [4.69, 9.17) is 15.1 Å². The van der Waals surface area contributed by atoms with E-state index in [2.05, 4.69) is 6.07 Å². The molecular weight excluding hydrogens is 268 g/mol. The minimum absolute atomic E-state index is 0.0702. The lowest BCUT2D eigenvalue weighted by Gasteiger charge is -2.32. The van der Waals surface area contributed by atoms with Gasteiger partial charge in [-0.05, 0) is 37.8 Å². The summed E-state index contributed by atoms with van der Waals surface area (Å²) in [4.78, 5) is 14.1. The second-order valence-corrected chi connectivity index (χ2v) is 5.32. The zero-order valence-electron chi connectivity index (χ0n) is 12.2. The molecule has 1 saturated heterocycles. The Labute approximate surface area is 124 Å². The van der Waals surface area contributed by atoms with Crippen LogP contribution in [0.25, 0.3) is 0 Å². The van der Waals surface area contributed by atoms with E-state index in [1.54, 1.807) is 36.1 Å². The zero-order chi connectivity index (χ0) is 15.2. The van der Waals surface area contributed by atoms with Crippen LogP contribution in [0.1, 0.15) is 25.3 Å². The molecule has 5 heteroatoms. The lowest BCUT2D eigenvalue weighted by atomic mass is 9.97. The number of aliphatic hydroxyl groups excluding tert-OH is 1. The molecule has 1 aromatic rings. The number of likely N-dealkylation sites (tertiary alicyclic amines) is 1. The van der Waals surface area contributed by atoms with E-state index in [-0.39, 0.29) is 12.5 Å². The Bertz CT molecular complexity index is 531. The number of ether oxygens (including phenoxy) is 1. The van der Waals surface area contributed by atoms with Crippen LogP contribution in [0, 0.1) is 17.2 Å². The summed E-state index contributed by atoms with van der Waals surface area (Å²) in [5.41, 5.74) is 0.427. The third kappa shape index (κ3) is 3.73. The van der Waals surface area contributed by atoms with Gasteiger partial charge in [0.05, 0.1) is 5.56 Å². The van der Waals surface area contributed by atoms with Crippen LogP contribution in [0.2, 0.25) is 0 Å². The highest BCUT2D eigenvalue weighted by molar-refractivity contribution is 5.81. The molecular formula is C16H20N2O3. The average molecular weight is 288 g/mol. The predicted octanol–water partition coefficient (Wildman–Crippen LogP) is 1.56. The first kappa shape index (κ1) is 15.3.